The first-order valence-electron chi connectivity index (χ1n) is 23.2. The molecule has 3 heterocycles. The minimum absolute atomic E-state index is 0.185. The van der Waals surface area contributed by atoms with E-state index < -0.39 is 0 Å². The van der Waals surface area contributed by atoms with Crippen LogP contribution in [0.2, 0.25) is 0 Å². The lowest BCUT2D eigenvalue weighted by molar-refractivity contribution is 0.421. The molecular formula is C62H54N2. The number of benzene rings is 9. The Morgan fingerprint density at radius 1 is 0.375 bits per heavy atom. The second-order valence-corrected chi connectivity index (χ2v) is 20.4. The van der Waals surface area contributed by atoms with E-state index in [9.17, 15) is 0 Å². The molecule has 9 aromatic carbocycles. The Morgan fingerprint density at radius 3 is 1.30 bits per heavy atom. The van der Waals surface area contributed by atoms with Crippen LogP contribution in [0.15, 0.2) is 182 Å². The van der Waals surface area contributed by atoms with Crippen molar-refractivity contribution < 1.29 is 0 Å². The van der Waals surface area contributed by atoms with Gasteiger partial charge >= 0.3 is 0 Å². The molecule has 9 aromatic rings. The molecule has 2 nitrogen and oxygen atoms in total. The van der Waals surface area contributed by atoms with Crippen molar-refractivity contribution in [3.63, 3.8) is 0 Å². The number of nitrogens with zero attached hydrogens (tertiary/aromatic N) is 2. The van der Waals surface area contributed by atoms with Gasteiger partial charge in [-0.15, -0.1) is 0 Å². The zero-order chi connectivity index (χ0) is 43.7. The van der Waals surface area contributed by atoms with Gasteiger partial charge in [-0.2, -0.15) is 0 Å². The number of hydrogen-bond donors (Lipinski definition) is 0. The Kier molecular flexibility index (Phi) is 8.35. The lowest BCUT2D eigenvalue weighted by atomic mass is 9.58. The molecule has 12 rings (SSSR count). The van der Waals surface area contributed by atoms with Gasteiger partial charge in [-0.25, -0.2) is 0 Å². The SMILES string of the molecule is CC(C)CC1(C)c2cc(-c3ccccc3)cc3c2N2c4c(cccc4C(C)(C)c4cc(-c5ccc(N(c6ccc7ccccc7c6)c6ccc7ccccc7c6)cc5)cc1c42)C3(C)C. The minimum atomic E-state index is -0.238. The van der Waals surface area contributed by atoms with Gasteiger partial charge in [0.25, 0.3) is 0 Å². The third-order valence-corrected chi connectivity index (χ3v) is 15.2. The zero-order valence-corrected chi connectivity index (χ0v) is 38.0. The second kappa shape index (κ2) is 13.8. The van der Waals surface area contributed by atoms with Crippen LogP contribution in [0.5, 0.6) is 0 Å². The van der Waals surface area contributed by atoms with Gasteiger partial charge < -0.3 is 9.80 Å². The molecule has 0 amide bonds. The first kappa shape index (κ1) is 38.7. The molecule has 3 aliphatic heterocycles. The maximum absolute atomic E-state index is 2.71. The van der Waals surface area contributed by atoms with Crippen LogP contribution in [0, 0.1) is 5.92 Å². The summed E-state index contributed by atoms with van der Waals surface area (Å²) in [5.74, 6) is 0.485. The Bertz CT molecular complexity index is 3270. The van der Waals surface area contributed by atoms with Crippen molar-refractivity contribution in [1.29, 1.82) is 0 Å². The molecule has 0 N–H and O–H groups in total. The largest absolute Gasteiger partial charge is 0.310 e. The third kappa shape index (κ3) is 5.57. The summed E-state index contributed by atoms with van der Waals surface area (Å²) in [6.45, 7) is 17.2. The van der Waals surface area contributed by atoms with Gasteiger partial charge in [-0.3, -0.25) is 0 Å². The summed E-state index contributed by atoms with van der Waals surface area (Å²) in [7, 11) is 0. The second-order valence-electron chi connectivity index (χ2n) is 20.4. The molecule has 1 atom stereocenters. The smallest absolute Gasteiger partial charge is 0.0544 e. The Labute approximate surface area is 378 Å². The molecule has 312 valence electrons. The van der Waals surface area contributed by atoms with E-state index in [0.717, 1.165) is 23.5 Å². The molecule has 0 spiro atoms. The maximum atomic E-state index is 2.71. The first-order valence-corrected chi connectivity index (χ1v) is 23.2. The standard InChI is InChI=1S/C62H54N2/c1-39(2)38-62(7)55-36-46(40-16-9-8-10-17-40)34-53-58(55)64-57-51(60(53,3)4)22-15-23-52(57)61(5,6)54-35-47(37-56(62)59(54)64)43-24-28-48(29-25-43)63(49-30-26-41-18-11-13-20-44(41)32-49)50-31-27-42-19-12-14-21-45(42)33-50/h8-37,39H,38H2,1-7H3. The van der Waals surface area contributed by atoms with Gasteiger partial charge in [0.2, 0.25) is 0 Å². The summed E-state index contributed by atoms with van der Waals surface area (Å²) in [4.78, 5) is 5.12. The van der Waals surface area contributed by atoms with E-state index in [0.29, 0.717) is 5.92 Å². The van der Waals surface area contributed by atoms with Gasteiger partial charge in [0.15, 0.2) is 0 Å². The first-order chi connectivity index (χ1) is 30.9. The molecule has 0 saturated heterocycles. The monoisotopic (exact) mass is 826 g/mol. The predicted molar refractivity (Wildman–Crippen MR) is 272 cm³/mol. The van der Waals surface area contributed by atoms with Crippen LogP contribution in [0.3, 0.4) is 0 Å². The summed E-state index contributed by atoms with van der Waals surface area (Å²) >= 11 is 0. The number of rotatable bonds is 7. The highest BCUT2D eigenvalue weighted by Gasteiger charge is 2.53. The fourth-order valence-electron chi connectivity index (χ4n) is 12.0. The highest BCUT2D eigenvalue weighted by atomic mass is 15.2. The number of fused-ring (bicyclic) bond motifs is 2. The minimum Gasteiger partial charge on any atom is -0.310 e. The normalized spacial score (nSPS) is 17.2. The third-order valence-electron chi connectivity index (χ3n) is 15.2. The van der Waals surface area contributed by atoms with Crippen molar-refractivity contribution >= 4 is 55.7 Å². The van der Waals surface area contributed by atoms with E-state index in [4.69, 9.17) is 0 Å². The molecule has 0 aromatic heterocycles. The average molecular weight is 827 g/mol. The molecule has 1 unspecified atom stereocenters. The summed E-state index contributed by atoms with van der Waals surface area (Å²) in [6.07, 6.45) is 1.04. The van der Waals surface area contributed by atoms with Gasteiger partial charge in [0.05, 0.1) is 17.1 Å². The van der Waals surface area contributed by atoms with Crippen molar-refractivity contribution in [2.45, 2.75) is 71.1 Å². The zero-order valence-electron chi connectivity index (χ0n) is 38.0. The highest BCUT2D eigenvalue weighted by molar-refractivity contribution is 6.00. The topological polar surface area (TPSA) is 6.48 Å². The maximum Gasteiger partial charge on any atom is 0.0544 e. The molecular weight excluding hydrogens is 773 g/mol. The van der Waals surface area contributed by atoms with E-state index in [1.165, 1.54) is 94.2 Å². The predicted octanol–water partition coefficient (Wildman–Crippen LogP) is 17.2. The van der Waals surface area contributed by atoms with Crippen LogP contribution >= 0.6 is 0 Å². The van der Waals surface area contributed by atoms with E-state index in [-0.39, 0.29) is 16.2 Å². The van der Waals surface area contributed by atoms with Crippen molar-refractivity contribution in [2.75, 3.05) is 9.80 Å². The number of hydrogen-bond acceptors (Lipinski definition) is 2. The molecule has 0 bridgehead atoms. The molecule has 3 aliphatic rings. The summed E-state index contributed by atoms with van der Waals surface area (Å²) < 4.78 is 0. The quantitative estimate of drug-likeness (QED) is 0.158. The van der Waals surface area contributed by atoms with Crippen molar-refractivity contribution in [3.8, 4) is 22.3 Å². The van der Waals surface area contributed by atoms with Gasteiger partial charge in [0.1, 0.15) is 0 Å². The van der Waals surface area contributed by atoms with E-state index >= 15 is 0 Å². The average Bonchev–Trinajstić information content (AvgIpc) is 3.31. The van der Waals surface area contributed by atoms with Crippen LogP contribution < -0.4 is 9.80 Å². The summed E-state index contributed by atoms with van der Waals surface area (Å²) in [5.41, 5.74) is 20.5. The van der Waals surface area contributed by atoms with Crippen molar-refractivity contribution in [2.24, 2.45) is 5.92 Å². The number of para-hydroxylation sites is 1. The van der Waals surface area contributed by atoms with Gasteiger partial charge in [-0.05, 0) is 150 Å². The van der Waals surface area contributed by atoms with Crippen LogP contribution in [-0.2, 0) is 16.2 Å². The van der Waals surface area contributed by atoms with Crippen LogP contribution in [0.4, 0.5) is 34.1 Å². The lowest BCUT2D eigenvalue weighted by Gasteiger charge is -2.56. The van der Waals surface area contributed by atoms with Crippen LogP contribution in [0.1, 0.15) is 88.3 Å². The van der Waals surface area contributed by atoms with Crippen LogP contribution in [0.25, 0.3) is 43.8 Å². The molecule has 64 heavy (non-hydrogen) atoms. The molecule has 0 aliphatic carbocycles. The molecule has 2 heteroatoms. The van der Waals surface area contributed by atoms with Crippen LogP contribution in [-0.4, -0.2) is 0 Å². The Hall–Kier alpha value is -6.90. The Balaban J connectivity index is 1.07. The summed E-state index contributed by atoms with van der Waals surface area (Å²) in [6, 6.07) is 68.6. The van der Waals surface area contributed by atoms with E-state index in [2.05, 4.69) is 240 Å². The van der Waals surface area contributed by atoms with Gasteiger partial charge in [0, 0.05) is 33.3 Å². The number of anilines is 6. The summed E-state index contributed by atoms with van der Waals surface area (Å²) in [5, 5.41) is 4.94. The lowest BCUT2D eigenvalue weighted by Crippen LogP contribution is -2.44. The fraction of sp³-hybridized carbons (Fsp3) is 0.194. The molecule has 0 radical (unpaired) electrons. The van der Waals surface area contributed by atoms with Crippen molar-refractivity contribution in [1.82, 2.24) is 0 Å². The molecule has 0 fully saturated rings. The van der Waals surface area contributed by atoms with Crippen molar-refractivity contribution in [3.05, 3.63) is 215 Å². The van der Waals surface area contributed by atoms with E-state index in [1.807, 2.05) is 0 Å². The van der Waals surface area contributed by atoms with Gasteiger partial charge in [-0.1, -0.05) is 170 Å². The Morgan fingerprint density at radius 2 is 0.797 bits per heavy atom. The molecule has 0 saturated carbocycles. The van der Waals surface area contributed by atoms with E-state index in [1.54, 1.807) is 0 Å². The highest BCUT2D eigenvalue weighted by Crippen LogP contribution is 2.67. The fourth-order valence-corrected chi connectivity index (χ4v) is 12.0.